The van der Waals surface area contributed by atoms with Crippen LogP contribution in [0.25, 0.3) is 0 Å². The first kappa shape index (κ1) is 15.2. The second-order valence-corrected chi connectivity index (χ2v) is 5.35. The number of aryl methyl sites for hydroxylation is 1. The van der Waals surface area contributed by atoms with Gasteiger partial charge in [-0.2, -0.15) is 0 Å². The number of rotatable bonds is 7. The smallest absolute Gasteiger partial charge is 0.264 e. The molecule has 1 aromatic carbocycles. The number of anilines is 1. The van der Waals surface area contributed by atoms with Crippen LogP contribution in [-0.2, 0) is 17.6 Å². The van der Waals surface area contributed by atoms with E-state index in [2.05, 4.69) is 22.1 Å². The molecular weight excluding hydrogens is 286 g/mol. The minimum atomic E-state index is -0.248. The second kappa shape index (κ2) is 7.54. The summed E-state index contributed by atoms with van der Waals surface area (Å²) in [7, 11) is 0. The van der Waals surface area contributed by atoms with Gasteiger partial charge in [0.25, 0.3) is 5.91 Å². The Kier molecular flexibility index (Phi) is 5.45. The fraction of sp³-hybridized carbons (Fsp3) is 0.267. The van der Waals surface area contributed by atoms with Gasteiger partial charge in [-0.3, -0.25) is 10.1 Å². The van der Waals surface area contributed by atoms with Gasteiger partial charge in [-0.1, -0.05) is 42.5 Å². The molecule has 1 heterocycles. The monoisotopic (exact) mass is 303 g/mol. The summed E-state index contributed by atoms with van der Waals surface area (Å²) in [5.41, 5.74) is 1.00. The van der Waals surface area contributed by atoms with Crippen molar-refractivity contribution in [1.29, 1.82) is 0 Å². The van der Waals surface area contributed by atoms with E-state index in [-0.39, 0.29) is 12.5 Å². The number of nitrogens with one attached hydrogen (secondary N) is 1. The molecule has 1 aromatic heterocycles. The van der Waals surface area contributed by atoms with E-state index in [9.17, 15) is 4.79 Å². The molecule has 0 radical (unpaired) electrons. The van der Waals surface area contributed by atoms with E-state index < -0.39 is 0 Å². The molecule has 0 aliphatic rings. The van der Waals surface area contributed by atoms with Crippen molar-refractivity contribution in [1.82, 2.24) is 10.2 Å². The molecule has 1 N–H and O–H groups in total. The van der Waals surface area contributed by atoms with Crippen molar-refractivity contribution >= 4 is 22.4 Å². The molecule has 2 aromatic rings. The largest absolute Gasteiger partial charge is 0.483 e. The van der Waals surface area contributed by atoms with Crippen LogP contribution < -0.4 is 10.1 Å². The average molecular weight is 303 g/mol. The lowest BCUT2D eigenvalue weighted by molar-refractivity contribution is -0.118. The summed E-state index contributed by atoms with van der Waals surface area (Å²) in [5.74, 6) is 0.446. The van der Waals surface area contributed by atoms with Gasteiger partial charge in [0.2, 0.25) is 5.13 Å². The van der Waals surface area contributed by atoms with E-state index in [1.54, 1.807) is 6.08 Å². The molecular formula is C15H17N3O2S. The van der Waals surface area contributed by atoms with Crippen LogP contribution in [0.3, 0.4) is 0 Å². The molecule has 1 amide bonds. The fourth-order valence-electron chi connectivity index (χ4n) is 1.71. The molecule has 0 aliphatic heterocycles. The molecule has 2 rings (SSSR count). The van der Waals surface area contributed by atoms with Crippen molar-refractivity contribution in [3.05, 3.63) is 47.5 Å². The quantitative estimate of drug-likeness (QED) is 0.799. The van der Waals surface area contributed by atoms with Crippen molar-refractivity contribution in [2.24, 2.45) is 0 Å². The zero-order valence-corrected chi connectivity index (χ0v) is 12.7. The Bertz CT molecular complexity index is 625. The molecule has 0 spiro atoms. The van der Waals surface area contributed by atoms with Crippen LogP contribution in [0.2, 0.25) is 0 Å². The van der Waals surface area contributed by atoms with Gasteiger partial charge in [-0.15, -0.1) is 16.8 Å². The summed E-state index contributed by atoms with van der Waals surface area (Å²) in [6, 6.07) is 7.59. The number of hydrogen-bond acceptors (Lipinski definition) is 5. The highest BCUT2D eigenvalue weighted by Gasteiger charge is 2.09. The molecule has 0 saturated heterocycles. The summed E-state index contributed by atoms with van der Waals surface area (Å²) >= 11 is 1.37. The number of aromatic nitrogens is 2. The van der Waals surface area contributed by atoms with Crippen molar-refractivity contribution in [2.75, 3.05) is 11.9 Å². The number of carbonyl (C=O) groups is 1. The van der Waals surface area contributed by atoms with Gasteiger partial charge in [-0.05, 0) is 24.5 Å². The first-order chi connectivity index (χ1) is 10.2. The van der Waals surface area contributed by atoms with Gasteiger partial charge < -0.3 is 4.74 Å². The van der Waals surface area contributed by atoms with Gasteiger partial charge in [0.15, 0.2) is 6.61 Å². The maximum absolute atomic E-state index is 11.8. The zero-order chi connectivity index (χ0) is 15.1. The van der Waals surface area contributed by atoms with Gasteiger partial charge in [0, 0.05) is 0 Å². The Morgan fingerprint density at radius 1 is 1.43 bits per heavy atom. The SMILES string of the molecule is C=CCc1ccccc1OCC(=O)Nc1nnc(CC)s1. The second-order valence-electron chi connectivity index (χ2n) is 4.29. The third-order valence-corrected chi connectivity index (χ3v) is 3.69. The number of carbonyl (C=O) groups excluding carboxylic acids is 1. The molecule has 0 saturated carbocycles. The third kappa shape index (κ3) is 4.39. The summed E-state index contributed by atoms with van der Waals surface area (Å²) in [4.78, 5) is 11.8. The number of allylic oxidation sites excluding steroid dienone is 1. The Morgan fingerprint density at radius 2 is 2.24 bits per heavy atom. The highest BCUT2D eigenvalue weighted by atomic mass is 32.1. The molecule has 21 heavy (non-hydrogen) atoms. The molecule has 110 valence electrons. The Morgan fingerprint density at radius 3 is 2.95 bits per heavy atom. The third-order valence-electron chi connectivity index (χ3n) is 2.71. The van der Waals surface area contributed by atoms with Crippen LogP contribution in [0.1, 0.15) is 17.5 Å². The maximum Gasteiger partial charge on any atom is 0.264 e. The summed E-state index contributed by atoms with van der Waals surface area (Å²) in [6.07, 6.45) is 3.31. The number of benzene rings is 1. The van der Waals surface area contributed by atoms with E-state index in [1.807, 2.05) is 31.2 Å². The number of nitrogens with zero attached hydrogens (tertiary/aromatic N) is 2. The minimum Gasteiger partial charge on any atom is -0.483 e. The normalized spacial score (nSPS) is 10.1. The van der Waals surface area contributed by atoms with Crippen molar-refractivity contribution in [3.63, 3.8) is 0 Å². The summed E-state index contributed by atoms with van der Waals surface area (Å²) in [6.45, 7) is 5.64. The highest BCUT2D eigenvalue weighted by Crippen LogP contribution is 2.19. The number of ether oxygens (including phenoxy) is 1. The van der Waals surface area contributed by atoms with Crippen LogP contribution in [-0.4, -0.2) is 22.7 Å². The summed E-state index contributed by atoms with van der Waals surface area (Å²) < 4.78 is 5.55. The lowest BCUT2D eigenvalue weighted by Gasteiger charge is -2.09. The average Bonchev–Trinajstić information content (AvgIpc) is 2.94. The molecule has 6 heteroatoms. The number of hydrogen-bond donors (Lipinski definition) is 1. The van der Waals surface area contributed by atoms with Crippen molar-refractivity contribution in [2.45, 2.75) is 19.8 Å². The summed E-state index contributed by atoms with van der Waals surface area (Å²) in [5, 5.41) is 11.9. The van der Waals surface area contributed by atoms with Crippen LogP contribution in [0, 0.1) is 0 Å². The Labute approximate surface area is 127 Å². The highest BCUT2D eigenvalue weighted by molar-refractivity contribution is 7.15. The van der Waals surface area contributed by atoms with Gasteiger partial charge in [0.1, 0.15) is 10.8 Å². The zero-order valence-electron chi connectivity index (χ0n) is 11.8. The standard InChI is InChI=1S/C15H17N3O2S/c1-3-7-11-8-5-6-9-12(11)20-10-13(19)16-15-18-17-14(4-2)21-15/h3,5-6,8-9H,1,4,7,10H2,2H3,(H,16,18,19). The van der Waals surface area contributed by atoms with E-state index in [1.165, 1.54) is 11.3 Å². The molecule has 5 nitrogen and oxygen atoms in total. The fourth-order valence-corrected chi connectivity index (χ4v) is 2.41. The molecule has 0 bridgehead atoms. The predicted molar refractivity (Wildman–Crippen MR) is 83.8 cm³/mol. The van der Waals surface area contributed by atoms with Gasteiger partial charge in [0.05, 0.1) is 0 Å². The van der Waals surface area contributed by atoms with Crippen LogP contribution in [0.4, 0.5) is 5.13 Å². The topological polar surface area (TPSA) is 64.1 Å². The van der Waals surface area contributed by atoms with Crippen LogP contribution in [0.5, 0.6) is 5.75 Å². The lowest BCUT2D eigenvalue weighted by Crippen LogP contribution is -2.20. The van der Waals surface area contributed by atoms with Crippen molar-refractivity contribution in [3.8, 4) is 5.75 Å². The maximum atomic E-state index is 11.8. The predicted octanol–water partition coefficient (Wildman–Crippen LogP) is 2.85. The first-order valence-corrected chi connectivity index (χ1v) is 7.48. The van der Waals surface area contributed by atoms with E-state index >= 15 is 0 Å². The lowest BCUT2D eigenvalue weighted by atomic mass is 10.1. The van der Waals surface area contributed by atoms with Gasteiger partial charge in [-0.25, -0.2) is 0 Å². The Balaban J connectivity index is 1.90. The number of para-hydroxylation sites is 1. The molecule has 0 unspecified atom stereocenters. The van der Waals surface area contributed by atoms with E-state index in [0.717, 1.165) is 17.0 Å². The molecule has 0 fully saturated rings. The van der Waals surface area contributed by atoms with E-state index in [4.69, 9.17) is 4.74 Å². The molecule has 0 atom stereocenters. The Hall–Kier alpha value is -2.21. The van der Waals surface area contributed by atoms with Crippen LogP contribution >= 0.6 is 11.3 Å². The minimum absolute atomic E-state index is 0.0603. The van der Waals surface area contributed by atoms with E-state index in [0.29, 0.717) is 17.3 Å². The first-order valence-electron chi connectivity index (χ1n) is 6.66. The van der Waals surface area contributed by atoms with Crippen LogP contribution in [0.15, 0.2) is 36.9 Å². The molecule has 0 aliphatic carbocycles. The number of amides is 1. The van der Waals surface area contributed by atoms with Crippen molar-refractivity contribution < 1.29 is 9.53 Å². The van der Waals surface area contributed by atoms with Gasteiger partial charge >= 0.3 is 0 Å².